The number of aromatic nitrogens is 2. The fourth-order valence-electron chi connectivity index (χ4n) is 3.33. The van der Waals surface area contributed by atoms with Gasteiger partial charge in [-0.1, -0.05) is 12.1 Å². The van der Waals surface area contributed by atoms with E-state index in [0.29, 0.717) is 19.4 Å². The van der Waals surface area contributed by atoms with E-state index in [1.807, 2.05) is 17.0 Å². The van der Waals surface area contributed by atoms with E-state index in [0.717, 1.165) is 61.4 Å². The van der Waals surface area contributed by atoms with Crippen molar-refractivity contribution >= 4 is 41.8 Å². The summed E-state index contributed by atoms with van der Waals surface area (Å²) in [5.41, 5.74) is 8.68. The minimum Gasteiger partial charge on any atom is -0.378 e. The lowest BCUT2D eigenvalue weighted by Crippen LogP contribution is -2.41. The van der Waals surface area contributed by atoms with Crippen LogP contribution >= 0.6 is 24.8 Å². The average Bonchev–Trinajstić information content (AvgIpc) is 3.05. The Morgan fingerprint density at radius 3 is 2.74 bits per heavy atom. The van der Waals surface area contributed by atoms with E-state index < -0.39 is 0 Å². The molecule has 3 rings (SSSR count). The number of benzene rings is 1. The first-order valence-electron chi connectivity index (χ1n) is 9.21. The van der Waals surface area contributed by atoms with Crippen molar-refractivity contribution in [2.24, 2.45) is 5.73 Å². The Balaban J connectivity index is 0.00000182. The third kappa shape index (κ3) is 6.35. The summed E-state index contributed by atoms with van der Waals surface area (Å²) in [6.45, 7) is 5.01. The largest absolute Gasteiger partial charge is 0.378 e. The molecule has 6 nitrogen and oxygen atoms in total. The van der Waals surface area contributed by atoms with Crippen LogP contribution in [-0.4, -0.2) is 53.1 Å². The molecule has 2 heterocycles. The molecule has 1 aromatic heterocycles. The van der Waals surface area contributed by atoms with E-state index in [-0.39, 0.29) is 36.8 Å². The molecule has 1 saturated heterocycles. The highest BCUT2D eigenvalue weighted by Crippen LogP contribution is 2.18. The Morgan fingerprint density at radius 2 is 2.07 bits per heavy atom. The van der Waals surface area contributed by atoms with Crippen molar-refractivity contribution in [2.75, 3.05) is 26.2 Å². The highest BCUT2D eigenvalue weighted by Gasteiger charge is 2.23. The van der Waals surface area contributed by atoms with Crippen LogP contribution in [-0.2, 0) is 16.0 Å². The van der Waals surface area contributed by atoms with Crippen LogP contribution in [0.5, 0.6) is 0 Å². The lowest BCUT2D eigenvalue weighted by molar-refractivity contribution is -0.133. The van der Waals surface area contributed by atoms with Gasteiger partial charge in [-0.05, 0) is 44.4 Å². The Kier molecular flexibility index (Phi) is 10.1. The van der Waals surface area contributed by atoms with Crippen LogP contribution in [0.3, 0.4) is 0 Å². The molecule has 1 amide bonds. The summed E-state index contributed by atoms with van der Waals surface area (Å²) >= 11 is 0. The number of aromatic amines is 1. The topological polar surface area (TPSA) is 84.2 Å². The Hall–Kier alpha value is -1.34. The summed E-state index contributed by atoms with van der Waals surface area (Å²) in [6.07, 6.45) is 4.15. The van der Waals surface area contributed by atoms with Crippen molar-refractivity contribution < 1.29 is 9.53 Å². The fourth-order valence-corrected chi connectivity index (χ4v) is 3.33. The summed E-state index contributed by atoms with van der Waals surface area (Å²) in [7, 11) is 0. The lowest BCUT2D eigenvalue weighted by atomic mass is 10.1. The van der Waals surface area contributed by atoms with Crippen LogP contribution in [0, 0.1) is 6.92 Å². The van der Waals surface area contributed by atoms with E-state index in [4.69, 9.17) is 10.5 Å². The molecule has 27 heavy (non-hydrogen) atoms. The monoisotopic (exact) mass is 416 g/mol. The molecule has 0 radical (unpaired) electrons. The van der Waals surface area contributed by atoms with Crippen LogP contribution in [0.4, 0.5) is 0 Å². The number of rotatable bonds is 7. The molecular formula is C19H30Cl2N4O2. The molecule has 0 spiro atoms. The minimum atomic E-state index is 0. The average molecular weight is 417 g/mol. The molecule has 1 fully saturated rings. The minimum absolute atomic E-state index is 0. The number of carbonyl (C=O) groups is 1. The van der Waals surface area contributed by atoms with Gasteiger partial charge in [0.05, 0.1) is 17.1 Å². The van der Waals surface area contributed by atoms with Gasteiger partial charge >= 0.3 is 0 Å². The molecule has 152 valence electrons. The number of H-pyrrole nitrogens is 1. The van der Waals surface area contributed by atoms with Crippen molar-refractivity contribution in [3.63, 3.8) is 0 Å². The molecular weight excluding hydrogens is 387 g/mol. The third-order valence-corrected chi connectivity index (χ3v) is 4.84. The number of aryl methyl sites for hydroxylation is 2. The van der Waals surface area contributed by atoms with Crippen LogP contribution in [0.15, 0.2) is 18.2 Å². The molecule has 0 saturated carbocycles. The van der Waals surface area contributed by atoms with E-state index in [9.17, 15) is 4.79 Å². The Labute approximate surface area is 173 Å². The predicted molar refractivity (Wildman–Crippen MR) is 113 cm³/mol. The molecule has 1 aliphatic rings. The number of nitrogens with one attached hydrogen (secondary N) is 1. The summed E-state index contributed by atoms with van der Waals surface area (Å²) < 4.78 is 5.79. The number of likely N-dealkylation sites (tertiary alicyclic amines) is 1. The fraction of sp³-hybridized carbons (Fsp3) is 0.579. The molecule has 8 heteroatoms. The molecule has 1 aromatic carbocycles. The maximum Gasteiger partial charge on any atom is 0.223 e. The van der Waals surface area contributed by atoms with Gasteiger partial charge < -0.3 is 20.4 Å². The lowest BCUT2D eigenvalue weighted by Gasteiger charge is -2.32. The highest BCUT2D eigenvalue weighted by molar-refractivity contribution is 5.85. The molecule has 0 aliphatic carbocycles. The number of piperidine rings is 1. The number of nitrogens with two attached hydrogens (primary N) is 1. The maximum atomic E-state index is 12.4. The van der Waals surface area contributed by atoms with E-state index in [1.165, 1.54) is 0 Å². The molecule has 0 unspecified atom stereocenters. The van der Waals surface area contributed by atoms with Crippen molar-refractivity contribution in [3.8, 4) is 0 Å². The molecule has 1 aliphatic heterocycles. The second-order valence-electron chi connectivity index (χ2n) is 6.75. The number of halogens is 2. The normalized spacial score (nSPS) is 14.7. The van der Waals surface area contributed by atoms with Crippen LogP contribution < -0.4 is 5.73 Å². The molecule has 0 atom stereocenters. The van der Waals surface area contributed by atoms with Crippen LogP contribution in [0.25, 0.3) is 11.0 Å². The quantitative estimate of drug-likeness (QED) is 0.679. The maximum absolute atomic E-state index is 12.4. The second-order valence-corrected chi connectivity index (χ2v) is 6.75. The van der Waals surface area contributed by atoms with Gasteiger partial charge in [0.25, 0.3) is 0 Å². The summed E-state index contributed by atoms with van der Waals surface area (Å²) in [5.74, 6) is 1.09. The molecule has 3 N–H and O–H groups in total. The van der Waals surface area contributed by atoms with Crippen molar-refractivity contribution in [2.45, 2.75) is 45.1 Å². The first-order chi connectivity index (χ1) is 12.2. The van der Waals surface area contributed by atoms with Crippen LogP contribution in [0.1, 0.15) is 37.1 Å². The van der Waals surface area contributed by atoms with Gasteiger partial charge in [-0.3, -0.25) is 4.79 Å². The zero-order chi connectivity index (χ0) is 17.6. The number of amides is 1. The van der Waals surface area contributed by atoms with Gasteiger partial charge in [0, 0.05) is 32.5 Å². The number of hydrogen-bond donors (Lipinski definition) is 2. The van der Waals surface area contributed by atoms with Crippen molar-refractivity contribution in [1.82, 2.24) is 14.9 Å². The second kappa shape index (κ2) is 11.5. The molecule has 2 aromatic rings. The number of ether oxygens (including phenoxy) is 1. The van der Waals surface area contributed by atoms with Crippen molar-refractivity contribution in [3.05, 3.63) is 29.6 Å². The van der Waals surface area contributed by atoms with E-state index >= 15 is 0 Å². The first kappa shape index (κ1) is 23.7. The number of hydrogen-bond acceptors (Lipinski definition) is 4. The number of para-hydroxylation sites is 1. The van der Waals surface area contributed by atoms with Gasteiger partial charge in [-0.2, -0.15) is 0 Å². The standard InChI is InChI=1S/C19H28N4O2.2ClH/c1-14-4-2-5-16-19(14)22-17(21-16)6-7-18(24)23-11-8-15(9-12-23)25-13-3-10-20;;/h2,4-5,15H,3,6-13,20H2,1H3,(H,21,22);2*1H. The van der Waals surface area contributed by atoms with Gasteiger partial charge in [-0.25, -0.2) is 4.98 Å². The van der Waals surface area contributed by atoms with Crippen molar-refractivity contribution in [1.29, 1.82) is 0 Å². The Morgan fingerprint density at radius 1 is 1.33 bits per heavy atom. The number of imidazole rings is 1. The van der Waals surface area contributed by atoms with Gasteiger partial charge in [-0.15, -0.1) is 24.8 Å². The molecule has 0 bridgehead atoms. The van der Waals surface area contributed by atoms with Gasteiger partial charge in [0.15, 0.2) is 0 Å². The zero-order valence-corrected chi connectivity index (χ0v) is 17.4. The highest BCUT2D eigenvalue weighted by atomic mass is 35.5. The summed E-state index contributed by atoms with van der Waals surface area (Å²) in [5, 5.41) is 0. The number of carbonyl (C=O) groups excluding carboxylic acids is 1. The predicted octanol–water partition coefficient (Wildman–Crippen LogP) is 3.00. The summed E-state index contributed by atoms with van der Waals surface area (Å²) in [6, 6.07) is 6.10. The van der Waals surface area contributed by atoms with Crippen LogP contribution in [0.2, 0.25) is 0 Å². The number of nitrogens with zero attached hydrogens (tertiary/aromatic N) is 2. The SMILES string of the molecule is Cc1cccc2[nH]c(CCC(=O)N3CCC(OCCCN)CC3)nc12.Cl.Cl. The zero-order valence-electron chi connectivity index (χ0n) is 15.8. The smallest absolute Gasteiger partial charge is 0.223 e. The van der Waals surface area contributed by atoms with Gasteiger partial charge in [0.1, 0.15) is 5.82 Å². The number of fused-ring (bicyclic) bond motifs is 1. The third-order valence-electron chi connectivity index (χ3n) is 4.84. The first-order valence-corrected chi connectivity index (χ1v) is 9.21. The Bertz CT molecular complexity index is 715. The van der Waals surface area contributed by atoms with E-state index in [1.54, 1.807) is 0 Å². The van der Waals surface area contributed by atoms with Gasteiger partial charge in [0.2, 0.25) is 5.91 Å². The van der Waals surface area contributed by atoms with E-state index in [2.05, 4.69) is 23.0 Å². The summed E-state index contributed by atoms with van der Waals surface area (Å²) in [4.78, 5) is 22.3.